The van der Waals surface area contributed by atoms with Crippen LogP contribution in [-0.2, 0) is 16.1 Å². The second kappa shape index (κ2) is 5.77. The topological polar surface area (TPSA) is 87.2 Å². The van der Waals surface area contributed by atoms with Crippen LogP contribution in [0.15, 0.2) is 12.4 Å². The molecule has 0 radical (unpaired) electrons. The Morgan fingerprint density at radius 2 is 2.05 bits per heavy atom. The molecule has 1 unspecified atom stereocenters. The lowest BCUT2D eigenvalue weighted by Gasteiger charge is -2.33. The molecule has 0 bridgehead atoms. The maximum atomic E-state index is 11.8. The third-order valence-electron chi connectivity index (χ3n) is 3.76. The molecule has 3 rings (SSSR count). The van der Waals surface area contributed by atoms with Crippen molar-refractivity contribution >= 4 is 17.8 Å². The van der Waals surface area contributed by atoms with Crippen LogP contribution in [0.1, 0.15) is 31.7 Å². The Balaban J connectivity index is 1.71. The van der Waals surface area contributed by atoms with Gasteiger partial charge in [0.1, 0.15) is 12.6 Å². The molecule has 1 aromatic heterocycles. The predicted octanol–water partition coefficient (Wildman–Crippen LogP) is -0.0300. The van der Waals surface area contributed by atoms with Gasteiger partial charge in [-0.2, -0.15) is 0 Å². The smallest absolute Gasteiger partial charge is 0.249 e. The Bertz CT molecular complexity index is 541. The van der Waals surface area contributed by atoms with Crippen LogP contribution in [-0.4, -0.2) is 40.4 Å². The van der Waals surface area contributed by atoms with E-state index in [1.165, 1.54) is 12.8 Å². The van der Waals surface area contributed by atoms with Gasteiger partial charge in [-0.1, -0.05) is 6.92 Å². The van der Waals surface area contributed by atoms with Crippen LogP contribution in [0.4, 0.5) is 5.95 Å². The molecule has 1 saturated carbocycles. The zero-order valence-corrected chi connectivity index (χ0v) is 12.0. The molecule has 7 nitrogen and oxygen atoms in total. The zero-order chi connectivity index (χ0) is 14.8. The fraction of sp³-hybridized carbons (Fsp3) is 0.571. The van der Waals surface area contributed by atoms with E-state index in [-0.39, 0.29) is 18.4 Å². The Morgan fingerprint density at radius 1 is 1.33 bits per heavy atom. The Hall–Kier alpha value is -2.02. The van der Waals surface area contributed by atoms with Crippen LogP contribution in [0.25, 0.3) is 0 Å². The Morgan fingerprint density at radius 3 is 2.67 bits per heavy atom. The van der Waals surface area contributed by atoms with Crippen molar-refractivity contribution in [2.75, 3.05) is 11.4 Å². The van der Waals surface area contributed by atoms with E-state index >= 15 is 0 Å². The van der Waals surface area contributed by atoms with E-state index in [0.717, 1.165) is 12.1 Å². The van der Waals surface area contributed by atoms with Gasteiger partial charge in [-0.15, -0.1) is 0 Å². The van der Waals surface area contributed by atoms with Crippen LogP contribution < -0.4 is 15.5 Å². The van der Waals surface area contributed by atoms with Crippen LogP contribution in [0.3, 0.4) is 0 Å². The summed E-state index contributed by atoms with van der Waals surface area (Å²) in [5.74, 6) is -0.162. The molecule has 2 aliphatic rings. The molecule has 1 aliphatic heterocycles. The summed E-state index contributed by atoms with van der Waals surface area (Å²) in [6.07, 6.45) is 6.58. The van der Waals surface area contributed by atoms with Gasteiger partial charge < -0.3 is 10.2 Å². The lowest BCUT2D eigenvalue weighted by Crippen LogP contribution is -2.58. The molecule has 2 fully saturated rings. The molecular formula is C14H19N5O2. The molecule has 21 heavy (non-hydrogen) atoms. The van der Waals surface area contributed by atoms with Gasteiger partial charge >= 0.3 is 0 Å². The molecule has 7 heteroatoms. The van der Waals surface area contributed by atoms with Gasteiger partial charge in [0, 0.05) is 30.5 Å². The summed E-state index contributed by atoms with van der Waals surface area (Å²) in [6.45, 7) is 2.77. The van der Waals surface area contributed by atoms with Crippen LogP contribution in [0.2, 0.25) is 0 Å². The van der Waals surface area contributed by atoms with E-state index in [9.17, 15) is 9.59 Å². The quantitative estimate of drug-likeness (QED) is 0.740. The van der Waals surface area contributed by atoms with E-state index < -0.39 is 6.04 Å². The highest BCUT2D eigenvalue weighted by molar-refractivity contribution is 6.04. The number of anilines is 1. The number of nitrogens with one attached hydrogen (secondary N) is 2. The second-order valence-corrected chi connectivity index (χ2v) is 5.51. The minimum absolute atomic E-state index is 0.115. The zero-order valence-electron chi connectivity index (χ0n) is 12.0. The molecule has 1 aromatic rings. The van der Waals surface area contributed by atoms with Gasteiger partial charge in [0.25, 0.3) is 0 Å². The molecule has 1 saturated heterocycles. The van der Waals surface area contributed by atoms with E-state index in [0.29, 0.717) is 18.4 Å². The average molecular weight is 289 g/mol. The number of aromatic nitrogens is 2. The van der Waals surface area contributed by atoms with Gasteiger partial charge in [-0.3, -0.25) is 14.9 Å². The molecule has 2 N–H and O–H groups in total. The number of carbonyl (C=O) groups excluding carboxylic acids is 2. The van der Waals surface area contributed by atoms with Gasteiger partial charge in [0.15, 0.2) is 0 Å². The lowest BCUT2D eigenvalue weighted by atomic mass is 10.1. The summed E-state index contributed by atoms with van der Waals surface area (Å²) >= 11 is 0. The summed E-state index contributed by atoms with van der Waals surface area (Å²) in [5.41, 5.74) is 1.01. The monoisotopic (exact) mass is 289 g/mol. The number of hydrogen-bond donors (Lipinski definition) is 2. The first-order chi connectivity index (χ1) is 10.2. The number of imide groups is 1. The first kappa shape index (κ1) is 13.9. The fourth-order valence-corrected chi connectivity index (χ4v) is 2.42. The highest BCUT2D eigenvalue weighted by Crippen LogP contribution is 2.20. The van der Waals surface area contributed by atoms with Crippen molar-refractivity contribution in [2.24, 2.45) is 0 Å². The summed E-state index contributed by atoms with van der Waals surface area (Å²) in [4.78, 5) is 33.6. The molecule has 0 aromatic carbocycles. The van der Waals surface area contributed by atoms with Crippen molar-refractivity contribution in [1.29, 1.82) is 0 Å². The van der Waals surface area contributed by atoms with Crippen molar-refractivity contribution in [3.63, 3.8) is 0 Å². The molecule has 2 amide bonds. The van der Waals surface area contributed by atoms with Gasteiger partial charge in [-0.05, 0) is 19.3 Å². The van der Waals surface area contributed by atoms with Gasteiger partial charge in [0.2, 0.25) is 17.8 Å². The second-order valence-electron chi connectivity index (χ2n) is 5.51. The lowest BCUT2D eigenvalue weighted by molar-refractivity contribution is -0.133. The number of nitrogens with zero attached hydrogens (tertiary/aromatic N) is 3. The maximum Gasteiger partial charge on any atom is 0.249 e. The molecule has 0 spiro atoms. The molecule has 1 aliphatic carbocycles. The third kappa shape index (κ3) is 3.18. The Kier molecular flexibility index (Phi) is 3.83. The van der Waals surface area contributed by atoms with Crippen molar-refractivity contribution < 1.29 is 9.59 Å². The highest BCUT2D eigenvalue weighted by atomic mass is 16.2. The molecule has 2 heterocycles. The van der Waals surface area contributed by atoms with Crippen LogP contribution >= 0.6 is 0 Å². The summed E-state index contributed by atoms with van der Waals surface area (Å²) in [6, 6.07) is 0.246. The van der Waals surface area contributed by atoms with E-state index in [2.05, 4.69) is 20.6 Å². The van der Waals surface area contributed by atoms with Gasteiger partial charge in [-0.25, -0.2) is 9.97 Å². The number of piperazine rings is 1. The summed E-state index contributed by atoms with van der Waals surface area (Å²) in [7, 11) is 0. The number of hydrogen-bond acceptors (Lipinski definition) is 6. The SMILES string of the molecule is CCC1C(=O)NC(=O)CN1c1ncc(CNC2CC2)cn1. The number of rotatable bonds is 5. The van der Waals surface area contributed by atoms with E-state index in [1.807, 2.05) is 6.92 Å². The summed E-state index contributed by atoms with van der Waals surface area (Å²) < 4.78 is 0. The normalized spacial score (nSPS) is 22.3. The fourth-order valence-electron chi connectivity index (χ4n) is 2.42. The predicted molar refractivity (Wildman–Crippen MR) is 76.5 cm³/mol. The van der Waals surface area contributed by atoms with Crippen molar-refractivity contribution in [3.05, 3.63) is 18.0 Å². The molecule has 1 atom stereocenters. The standard InChI is InChI=1S/C14H19N5O2/c1-2-11-13(21)18-12(20)8-19(11)14-16-6-9(7-17-14)5-15-10-3-4-10/h6-7,10-11,15H,2-5,8H2,1H3,(H,18,20,21). The van der Waals surface area contributed by atoms with Crippen LogP contribution in [0.5, 0.6) is 0 Å². The summed E-state index contributed by atoms with van der Waals surface area (Å²) in [5, 5.41) is 5.74. The molecular weight excluding hydrogens is 270 g/mol. The first-order valence-electron chi connectivity index (χ1n) is 7.32. The largest absolute Gasteiger partial charge is 0.319 e. The number of carbonyl (C=O) groups is 2. The highest BCUT2D eigenvalue weighted by Gasteiger charge is 2.33. The Labute approximate surface area is 123 Å². The van der Waals surface area contributed by atoms with E-state index in [4.69, 9.17) is 0 Å². The number of amides is 2. The van der Waals surface area contributed by atoms with Crippen LogP contribution in [0, 0.1) is 0 Å². The third-order valence-corrected chi connectivity index (χ3v) is 3.76. The minimum Gasteiger partial charge on any atom is -0.319 e. The minimum atomic E-state index is -0.391. The van der Waals surface area contributed by atoms with Crippen molar-refractivity contribution in [1.82, 2.24) is 20.6 Å². The maximum absolute atomic E-state index is 11.8. The van der Waals surface area contributed by atoms with E-state index in [1.54, 1.807) is 17.3 Å². The van der Waals surface area contributed by atoms with Crippen molar-refractivity contribution in [3.8, 4) is 0 Å². The van der Waals surface area contributed by atoms with Crippen molar-refractivity contribution in [2.45, 2.75) is 44.8 Å². The average Bonchev–Trinajstić information content (AvgIpc) is 3.29. The van der Waals surface area contributed by atoms with Gasteiger partial charge in [0.05, 0.1) is 0 Å². The molecule has 112 valence electrons. The first-order valence-corrected chi connectivity index (χ1v) is 7.32.